The number of hydrogen-bond donors (Lipinski definition) is 1. The number of unbranched alkanes of at least 4 members (excludes halogenated alkanes) is 2. The number of carbonyl (C=O) groups is 1. The predicted octanol–water partition coefficient (Wildman–Crippen LogP) is 2.18. The fourth-order valence-corrected chi connectivity index (χ4v) is 1.03. The van der Waals surface area contributed by atoms with Crippen LogP contribution in [0.15, 0.2) is 0 Å². The summed E-state index contributed by atoms with van der Waals surface area (Å²) in [4.78, 5) is 18.5. The Balaban J connectivity index is 3.54. The molecule has 0 spiro atoms. The van der Waals surface area contributed by atoms with Gasteiger partial charge in [-0.2, -0.15) is 0 Å². The molecule has 72 valence electrons. The number of carbonyl (C=O) groups excluding carboxylic acids is 1. The number of halogens is 1. The van der Waals surface area contributed by atoms with Gasteiger partial charge in [0.2, 0.25) is 0 Å². The third-order valence-corrected chi connectivity index (χ3v) is 1.63. The zero-order chi connectivity index (χ0) is 9.61. The minimum atomic E-state index is -5.12. The van der Waals surface area contributed by atoms with E-state index in [0.717, 1.165) is 12.8 Å². The monoisotopic (exact) mass is 198 g/mol. The molecule has 0 aromatic heterocycles. The van der Waals surface area contributed by atoms with Gasteiger partial charge in [0.05, 0.1) is 0 Å². The molecule has 1 N–H and O–H groups in total. The summed E-state index contributed by atoms with van der Waals surface area (Å²) in [6.07, 6.45) is 2.27. The average molecular weight is 198 g/mol. The van der Waals surface area contributed by atoms with E-state index in [1.165, 1.54) is 0 Å². The van der Waals surface area contributed by atoms with Crippen molar-refractivity contribution >= 4 is 13.9 Å². The Morgan fingerprint density at radius 2 is 2.17 bits per heavy atom. The van der Waals surface area contributed by atoms with Crippen molar-refractivity contribution in [3.8, 4) is 0 Å². The second-order valence-electron chi connectivity index (χ2n) is 2.37. The van der Waals surface area contributed by atoms with Crippen LogP contribution < -0.4 is 0 Å². The first-order valence-electron chi connectivity index (χ1n) is 3.70. The van der Waals surface area contributed by atoms with Crippen LogP contribution >= 0.6 is 7.91 Å². The normalized spacial score (nSPS) is 15.2. The zero-order valence-corrected chi connectivity index (χ0v) is 7.72. The molecule has 4 nitrogen and oxygen atoms in total. The highest BCUT2D eigenvalue weighted by Crippen LogP contribution is 2.43. The Bertz CT molecular complexity index is 188. The Morgan fingerprint density at radius 1 is 1.58 bits per heavy atom. The van der Waals surface area contributed by atoms with Crippen molar-refractivity contribution in [2.45, 2.75) is 32.6 Å². The fourth-order valence-electron chi connectivity index (χ4n) is 0.691. The molecule has 0 aliphatic carbocycles. The van der Waals surface area contributed by atoms with Gasteiger partial charge in [0, 0.05) is 6.42 Å². The largest absolute Gasteiger partial charge is 0.569 e. The predicted molar refractivity (Wildman–Crippen MR) is 41.2 cm³/mol. The van der Waals surface area contributed by atoms with Crippen LogP contribution in [0.5, 0.6) is 0 Å². The van der Waals surface area contributed by atoms with Crippen molar-refractivity contribution in [3.05, 3.63) is 0 Å². The van der Waals surface area contributed by atoms with E-state index in [4.69, 9.17) is 4.89 Å². The van der Waals surface area contributed by atoms with Gasteiger partial charge < -0.3 is 4.52 Å². The maximum Gasteiger partial charge on any atom is 0.569 e. The fraction of sp³-hybridized carbons (Fsp3) is 0.833. The Kier molecular flexibility index (Phi) is 5.09. The molecule has 0 amide bonds. The van der Waals surface area contributed by atoms with Crippen LogP contribution in [-0.4, -0.2) is 10.9 Å². The summed E-state index contributed by atoms with van der Waals surface area (Å²) >= 11 is 0. The van der Waals surface area contributed by atoms with E-state index in [-0.39, 0.29) is 6.42 Å². The number of rotatable bonds is 5. The SMILES string of the molecule is CCCCCC(=O)OP(=O)(O)F. The summed E-state index contributed by atoms with van der Waals surface area (Å²) < 4.78 is 25.3. The van der Waals surface area contributed by atoms with E-state index >= 15 is 0 Å². The van der Waals surface area contributed by atoms with Crippen molar-refractivity contribution in [3.63, 3.8) is 0 Å². The Hall–Kier alpha value is -0.410. The van der Waals surface area contributed by atoms with Crippen LogP contribution in [0.1, 0.15) is 32.6 Å². The zero-order valence-electron chi connectivity index (χ0n) is 6.83. The lowest BCUT2D eigenvalue weighted by Gasteiger charge is -2.01. The van der Waals surface area contributed by atoms with Crippen LogP contribution in [0, 0.1) is 0 Å². The molecule has 0 aliphatic rings. The standard InChI is InChI=1S/C6H12FO4P/c1-2-3-4-5-6(8)11-12(7,9)10/h2-5H2,1H3,(H,9,10). The summed E-state index contributed by atoms with van der Waals surface area (Å²) in [5.41, 5.74) is 0. The van der Waals surface area contributed by atoms with Crippen LogP contribution in [0.2, 0.25) is 0 Å². The van der Waals surface area contributed by atoms with E-state index in [0.29, 0.717) is 6.42 Å². The minimum absolute atomic E-state index is 0.0116. The lowest BCUT2D eigenvalue weighted by molar-refractivity contribution is -0.135. The van der Waals surface area contributed by atoms with Gasteiger partial charge in [0.15, 0.2) is 0 Å². The molecule has 12 heavy (non-hydrogen) atoms. The maximum absolute atomic E-state index is 11.8. The highest BCUT2D eigenvalue weighted by Gasteiger charge is 2.22. The molecule has 0 fully saturated rings. The molecule has 6 heteroatoms. The molecule has 0 bridgehead atoms. The van der Waals surface area contributed by atoms with Gasteiger partial charge in [-0.25, -0.2) is 4.57 Å². The van der Waals surface area contributed by atoms with E-state index in [9.17, 15) is 13.6 Å². The smallest absolute Gasteiger partial charge is 0.367 e. The second-order valence-corrected chi connectivity index (χ2v) is 3.46. The summed E-state index contributed by atoms with van der Waals surface area (Å²) in [5, 5.41) is 0. The molecule has 0 radical (unpaired) electrons. The van der Waals surface area contributed by atoms with E-state index in [1.807, 2.05) is 6.92 Å². The highest BCUT2D eigenvalue weighted by molar-refractivity contribution is 7.47. The molecule has 0 aliphatic heterocycles. The molecule has 0 rings (SSSR count). The van der Waals surface area contributed by atoms with Gasteiger partial charge in [-0.15, -0.1) is 4.20 Å². The van der Waals surface area contributed by atoms with Crippen molar-refractivity contribution in [1.29, 1.82) is 0 Å². The summed E-state index contributed by atoms with van der Waals surface area (Å²) in [5.74, 6) is -0.961. The van der Waals surface area contributed by atoms with Gasteiger partial charge in [0.25, 0.3) is 0 Å². The minimum Gasteiger partial charge on any atom is -0.367 e. The van der Waals surface area contributed by atoms with Crippen LogP contribution in [0.25, 0.3) is 0 Å². The third kappa shape index (κ3) is 7.69. The first-order chi connectivity index (χ1) is 5.45. The van der Waals surface area contributed by atoms with E-state index < -0.39 is 13.9 Å². The summed E-state index contributed by atoms with van der Waals surface area (Å²) in [7, 11) is -5.12. The Morgan fingerprint density at radius 3 is 2.58 bits per heavy atom. The van der Waals surface area contributed by atoms with Gasteiger partial charge in [-0.1, -0.05) is 19.8 Å². The Labute approximate surface area is 70.4 Å². The van der Waals surface area contributed by atoms with Gasteiger partial charge >= 0.3 is 13.9 Å². The van der Waals surface area contributed by atoms with E-state index in [2.05, 4.69) is 4.52 Å². The van der Waals surface area contributed by atoms with Gasteiger partial charge in [-0.3, -0.25) is 9.69 Å². The summed E-state index contributed by atoms with van der Waals surface area (Å²) in [6.45, 7) is 1.94. The van der Waals surface area contributed by atoms with Crippen molar-refractivity contribution in [2.24, 2.45) is 0 Å². The lowest BCUT2D eigenvalue weighted by Crippen LogP contribution is -2.00. The van der Waals surface area contributed by atoms with E-state index in [1.54, 1.807) is 0 Å². The molecular weight excluding hydrogens is 186 g/mol. The first-order valence-corrected chi connectivity index (χ1v) is 5.17. The number of hydrogen-bond acceptors (Lipinski definition) is 3. The highest BCUT2D eigenvalue weighted by atomic mass is 31.2. The third-order valence-electron chi connectivity index (χ3n) is 1.20. The molecule has 0 aromatic rings. The maximum atomic E-state index is 11.8. The topological polar surface area (TPSA) is 63.6 Å². The van der Waals surface area contributed by atoms with Crippen molar-refractivity contribution in [1.82, 2.24) is 0 Å². The molecule has 1 atom stereocenters. The molecular formula is C6H12FO4P. The first kappa shape index (κ1) is 11.6. The lowest BCUT2D eigenvalue weighted by atomic mass is 10.2. The quantitative estimate of drug-likeness (QED) is 0.543. The molecule has 1 unspecified atom stereocenters. The van der Waals surface area contributed by atoms with Crippen LogP contribution in [-0.2, 0) is 13.9 Å². The average Bonchev–Trinajstić information content (AvgIpc) is 1.84. The summed E-state index contributed by atoms with van der Waals surface area (Å²) in [6, 6.07) is 0. The molecule has 0 saturated carbocycles. The van der Waals surface area contributed by atoms with Gasteiger partial charge in [-0.05, 0) is 6.42 Å². The second kappa shape index (κ2) is 5.27. The van der Waals surface area contributed by atoms with Crippen LogP contribution in [0.4, 0.5) is 4.20 Å². The molecule has 0 aromatic carbocycles. The van der Waals surface area contributed by atoms with Crippen molar-refractivity contribution in [2.75, 3.05) is 0 Å². The molecule has 0 heterocycles. The van der Waals surface area contributed by atoms with Gasteiger partial charge in [0.1, 0.15) is 0 Å². The van der Waals surface area contributed by atoms with Crippen LogP contribution in [0.3, 0.4) is 0 Å². The van der Waals surface area contributed by atoms with Crippen molar-refractivity contribution < 1.29 is 23.0 Å². The molecule has 0 saturated heterocycles.